The number of nitriles is 1. The predicted molar refractivity (Wildman–Crippen MR) is 75.6 cm³/mol. The zero-order valence-electron chi connectivity index (χ0n) is 11.5. The lowest BCUT2D eigenvalue weighted by atomic mass is 10.1. The van der Waals surface area contributed by atoms with Gasteiger partial charge in [0.25, 0.3) is 5.91 Å². The number of halogens is 1. The van der Waals surface area contributed by atoms with Crippen molar-refractivity contribution < 1.29 is 9.18 Å². The van der Waals surface area contributed by atoms with Crippen LogP contribution in [0.2, 0.25) is 0 Å². The molecule has 2 rings (SSSR count). The molecule has 0 saturated carbocycles. The van der Waals surface area contributed by atoms with Gasteiger partial charge in [0.2, 0.25) is 0 Å². The van der Waals surface area contributed by atoms with Crippen LogP contribution in [0.4, 0.5) is 10.1 Å². The maximum Gasteiger partial charge on any atom is 0.261 e. The van der Waals surface area contributed by atoms with E-state index in [0.29, 0.717) is 5.69 Å². The highest BCUT2D eigenvalue weighted by atomic mass is 19.1. The molecule has 1 heterocycles. The van der Waals surface area contributed by atoms with E-state index in [2.05, 4.69) is 10.3 Å². The van der Waals surface area contributed by atoms with Gasteiger partial charge in [-0.2, -0.15) is 5.26 Å². The molecule has 1 aromatic carbocycles. The van der Waals surface area contributed by atoms with Gasteiger partial charge in [-0.25, -0.2) is 4.39 Å². The first-order valence-corrected chi connectivity index (χ1v) is 6.13. The molecule has 1 amide bonds. The first kappa shape index (κ1) is 14.5. The number of carbonyl (C=O) groups excluding carboxylic acids is 1. The van der Waals surface area contributed by atoms with Crippen LogP contribution in [-0.2, 0) is 0 Å². The van der Waals surface area contributed by atoms with Crippen molar-refractivity contribution >= 4 is 11.6 Å². The Hall–Kier alpha value is -2.94. The Morgan fingerprint density at radius 3 is 2.67 bits per heavy atom. The summed E-state index contributed by atoms with van der Waals surface area (Å²) in [5.41, 5.74) is 0.569. The summed E-state index contributed by atoms with van der Waals surface area (Å²) in [6, 6.07) is 5.55. The van der Waals surface area contributed by atoms with Crippen LogP contribution in [0.5, 0.6) is 0 Å². The Balaban J connectivity index is 2.38. The molecule has 21 heavy (non-hydrogen) atoms. The summed E-state index contributed by atoms with van der Waals surface area (Å²) in [5, 5.41) is 11.3. The fraction of sp³-hybridized carbons (Fsp3) is 0.133. The van der Waals surface area contributed by atoms with E-state index in [1.807, 2.05) is 6.07 Å². The molecule has 5 nitrogen and oxygen atoms in total. The van der Waals surface area contributed by atoms with Gasteiger partial charge in [-0.3, -0.25) is 9.59 Å². The van der Waals surface area contributed by atoms with Crippen molar-refractivity contribution in [3.8, 4) is 6.07 Å². The molecular weight excluding hydrogens is 273 g/mol. The number of aromatic amines is 1. The quantitative estimate of drug-likeness (QED) is 0.887. The number of hydrogen-bond donors (Lipinski definition) is 2. The van der Waals surface area contributed by atoms with Crippen LogP contribution in [0.1, 0.15) is 27.2 Å². The van der Waals surface area contributed by atoms with Crippen molar-refractivity contribution in [2.45, 2.75) is 13.8 Å². The van der Waals surface area contributed by atoms with Crippen molar-refractivity contribution in [1.29, 1.82) is 5.26 Å². The molecule has 0 aliphatic heterocycles. The molecule has 0 aliphatic carbocycles. The van der Waals surface area contributed by atoms with E-state index >= 15 is 0 Å². The molecule has 0 bridgehead atoms. The van der Waals surface area contributed by atoms with Crippen molar-refractivity contribution in [3.63, 3.8) is 0 Å². The minimum absolute atomic E-state index is 0.0808. The second-order valence-electron chi connectivity index (χ2n) is 4.59. The maximum absolute atomic E-state index is 13.6. The van der Waals surface area contributed by atoms with Crippen LogP contribution in [0.3, 0.4) is 0 Å². The maximum atomic E-state index is 13.6. The van der Waals surface area contributed by atoms with Crippen LogP contribution in [0.25, 0.3) is 0 Å². The smallest absolute Gasteiger partial charge is 0.261 e. The van der Waals surface area contributed by atoms with E-state index < -0.39 is 17.2 Å². The summed E-state index contributed by atoms with van der Waals surface area (Å²) >= 11 is 0. The van der Waals surface area contributed by atoms with Gasteiger partial charge in [0.05, 0.1) is 11.6 Å². The highest BCUT2D eigenvalue weighted by Gasteiger charge is 2.14. The van der Waals surface area contributed by atoms with Gasteiger partial charge >= 0.3 is 0 Å². The van der Waals surface area contributed by atoms with Crippen LogP contribution >= 0.6 is 0 Å². The summed E-state index contributed by atoms with van der Waals surface area (Å²) < 4.78 is 13.6. The molecule has 0 saturated heterocycles. The average molecular weight is 285 g/mol. The summed E-state index contributed by atoms with van der Waals surface area (Å²) in [5.74, 6) is -1.25. The fourth-order valence-electron chi connectivity index (χ4n) is 1.81. The third-order valence-electron chi connectivity index (χ3n) is 3.02. The van der Waals surface area contributed by atoms with Crippen LogP contribution in [0.15, 0.2) is 29.2 Å². The molecular formula is C15H12FN3O2. The van der Waals surface area contributed by atoms with Gasteiger partial charge in [-0.1, -0.05) is 0 Å². The Kier molecular flexibility index (Phi) is 3.85. The molecule has 0 spiro atoms. The number of aryl methyl sites for hydroxylation is 1. The number of hydrogen-bond acceptors (Lipinski definition) is 3. The lowest BCUT2D eigenvalue weighted by Crippen LogP contribution is -2.22. The van der Waals surface area contributed by atoms with Crippen molar-refractivity contribution in [1.82, 2.24) is 4.98 Å². The second-order valence-corrected chi connectivity index (χ2v) is 4.59. The van der Waals surface area contributed by atoms with Crippen LogP contribution in [-0.4, -0.2) is 10.9 Å². The number of rotatable bonds is 2. The third kappa shape index (κ3) is 2.98. The number of benzene rings is 1. The van der Waals surface area contributed by atoms with E-state index in [1.54, 1.807) is 6.92 Å². The van der Waals surface area contributed by atoms with E-state index in [9.17, 15) is 14.0 Å². The highest BCUT2D eigenvalue weighted by molar-refractivity contribution is 6.04. The van der Waals surface area contributed by atoms with Gasteiger partial charge in [0, 0.05) is 29.2 Å². The van der Waals surface area contributed by atoms with Crippen molar-refractivity contribution in [2.75, 3.05) is 5.32 Å². The number of anilines is 1. The monoisotopic (exact) mass is 285 g/mol. The van der Waals surface area contributed by atoms with E-state index in [-0.39, 0.29) is 22.4 Å². The Labute approximate surface area is 120 Å². The minimum atomic E-state index is -0.658. The number of aromatic nitrogens is 1. The third-order valence-corrected chi connectivity index (χ3v) is 3.02. The Morgan fingerprint density at radius 1 is 1.33 bits per heavy atom. The average Bonchev–Trinajstić information content (AvgIpc) is 2.43. The Morgan fingerprint density at radius 2 is 2.05 bits per heavy atom. The predicted octanol–water partition coefficient (Wildman–Crippen LogP) is 2.25. The fourth-order valence-corrected chi connectivity index (χ4v) is 1.81. The Bertz CT molecular complexity index is 819. The minimum Gasteiger partial charge on any atom is -0.364 e. The highest BCUT2D eigenvalue weighted by Crippen LogP contribution is 2.20. The number of H-pyrrole nitrogens is 1. The van der Waals surface area contributed by atoms with Crippen LogP contribution in [0, 0.1) is 31.0 Å². The molecule has 2 aromatic rings. The van der Waals surface area contributed by atoms with E-state index in [4.69, 9.17) is 5.26 Å². The summed E-state index contributed by atoms with van der Waals surface area (Å²) in [6.07, 6.45) is 1.30. The SMILES string of the molecule is Cc1cc(=O)c(C(=O)Nc2cc(C#N)cc(F)c2C)c[nH]1. The molecule has 106 valence electrons. The van der Waals surface area contributed by atoms with Gasteiger partial charge in [-0.05, 0) is 26.0 Å². The van der Waals surface area contributed by atoms with Crippen molar-refractivity contribution in [2.24, 2.45) is 0 Å². The molecule has 1 aromatic heterocycles. The van der Waals surface area contributed by atoms with Gasteiger partial charge in [-0.15, -0.1) is 0 Å². The standard InChI is InChI=1S/C15H12FN3O2/c1-8-3-14(20)11(7-18-8)15(21)19-13-5-10(6-17)4-12(16)9(13)2/h3-5,7H,1-2H3,(H,18,20)(H,19,21). The second kappa shape index (κ2) is 5.59. The first-order chi connectivity index (χ1) is 9.92. The topological polar surface area (TPSA) is 85.8 Å². The lowest BCUT2D eigenvalue weighted by Gasteiger charge is -2.09. The zero-order chi connectivity index (χ0) is 15.6. The van der Waals surface area contributed by atoms with Gasteiger partial charge in [0.1, 0.15) is 11.4 Å². The first-order valence-electron chi connectivity index (χ1n) is 6.13. The number of nitrogens with one attached hydrogen (secondary N) is 2. The number of amides is 1. The van der Waals surface area contributed by atoms with E-state index in [0.717, 1.165) is 6.07 Å². The number of pyridine rings is 1. The summed E-state index contributed by atoms with van der Waals surface area (Å²) in [7, 11) is 0. The number of carbonyl (C=O) groups is 1. The van der Waals surface area contributed by atoms with Crippen LogP contribution < -0.4 is 10.7 Å². The lowest BCUT2D eigenvalue weighted by molar-refractivity contribution is 0.102. The summed E-state index contributed by atoms with van der Waals surface area (Å²) in [4.78, 5) is 26.6. The molecule has 0 radical (unpaired) electrons. The molecule has 0 fully saturated rings. The van der Waals surface area contributed by atoms with E-state index in [1.165, 1.54) is 25.3 Å². The summed E-state index contributed by atoms with van der Waals surface area (Å²) in [6.45, 7) is 3.17. The molecule has 2 N–H and O–H groups in total. The van der Waals surface area contributed by atoms with Gasteiger partial charge < -0.3 is 10.3 Å². The molecule has 0 atom stereocenters. The normalized spacial score (nSPS) is 10.0. The molecule has 0 unspecified atom stereocenters. The largest absolute Gasteiger partial charge is 0.364 e. The molecule has 0 aliphatic rings. The number of nitrogens with zero attached hydrogens (tertiary/aromatic N) is 1. The van der Waals surface area contributed by atoms with Crippen molar-refractivity contribution in [3.05, 3.63) is 62.8 Å². The van der Waals surface area contributed by atoms with Gasteiger partial charge in [0.15, 0.2) is 5.43 Å². The molecule has 6 heteroatoms. The zero-order valence-corrected chi connectivity index (χ0v) is 11.5.